The van der Waals surface area contributed by atoms with Gasteiger partial charge in [-0.1, -0.05) is 38.1 Å². The number of nitrogens with zero attached hydrogens (tertiary/aromatic N) is 3. The number of aliphatic imine (C=N–C) groups is 1. The summed E-state index contributed by atoms with van der Waals surface area (Å²) in [5.74, 6) is 0.801. The largest absolute Gasteiger partial charge is 0.357 e. The van der Waals surface area contributed by atoms with Gasteiger partial charge in [0.05, 0.1) is 13.1 Å². The molecule has 1 aromatic carbocycles. The molecule has 28 heavy (non-hydrogen) atoms. The lowest BCUT2D eigenvalue weighted by molar-refractivity contribution is -0.123. The van der Waals surface area contributed by atoms with Crippen molar-refractivity contribution in [3.05, 3.63) is 53.9 Å². The summed E-state index contributed by atoms with van der Waals surface area (Å²) in [4.78, 5) is 16.3. The minimum Gasteiger partial charge on any atom is -0.357 e. The van der Waals surface area contributed by atoms with E-state index in [0.717, 1.165) is 19.0 Å². The van der Waals surface area contributed by atoms with Crippen LogP contribution in [-0.2, 0) is 17.9 Å². The molecule has 0 fully saturated rings. The third-order valence-corrected chi connectivity index (χ3v) is 4.00. The molecule has 3 N–H and O–H groups in total. The Balaban J connectivity index is 0.00000392. The number of guanidine groups is 1. The van der Waals surface area contributed by atoms with Crippen molar-refractivity contribution in [2.45, 2.75) is 33.9 Å². The summed E-state index contributed by atoms with van der Waals surface area (Å²) in [6.07, 6.45) is 3.74. The number of hydrogen-bond acceptors (Lipinski definition) is 3. The SMILES string of the molecule is CCNC(=NCc1ccccc1Cn1cccn1)NCCNC(=O)C(C)C.I. The Morgan fingerprint density at radius 1 is 1.11 bits per heavy atom. The lowest BCUT2D eigenvalue weighted by atomic mass is 10.1. The van der Waals surface area contributed by atoms with Crippen LogP contribution in [0.3, 0.4) is 0 Å². The zero-order chi connectivity index (χ0) is 19.5. The van der Waals surface area contributed by atoms with Gasteiger partial charge in [0.1, 0.15) is 0 Å². The van der Waals surface area contributed by atoms with Crippen LogP contribution in [0.2, 0.25) is 0 Å². The highest BCUT2D eigenvalue weighted by Crippen LogP contribution is 2.11. The van der Waals surface area contributed by atoms with Crippen LogP contribution < -0.4 is 16.0 Å². The molecule has 154 valence electrons. The zero-order valence-corrected chi connectivity index (χ0v) is 19.1. The van der Waals surface area contributed by atoms with Gasteiger partial charge in [0.15, 0.2) is 5.96 Å². The average molecular weight is 498 g/mol. The molecule has 0 saturated carbocycles. The standard InChI is InChI=1S/C20H30N6O.HI/c1-4-21-20(23-12-11-22-19(27)16(2)3)24-14-17-8-5-6-9-18(17)15-26-13-7-10-25-26;/h5-10,13,16H,4,11-12,14-15H2,1-3H3,(H,22,27)(H2,21,23,24);1H. The highest BCUT2D eigenvalue weighted by molar-refractivity contribution is 14.0. The minimum absolute atomic E-state index is 0. The van der Waals surface area contributed by atoms with E-state index in [9.17, 15) is 4.79 Å². The molecule has 8 heteroatoms. The van der Waals surface area contributed by atoms with Crippen molar-refractivity contribution in [2.24, 2.45) is 10.9 Å². The van der Waals surface area contributed by atoms with Crippen LogP contribution in [0.15, 0.2) is 47.7 Å². The molecule has 0 saturated heterocycles. The van der Waals surface area contributed by atoms with E-state index in [4.69, 9.17) is 0 Å². The van der Waals surface area contributed by atoms with E-state index >= 15 is 0 Å². The van der Waals surface area contributed by atoms with Gasteiger partial charge in [-0.15, -0.1) is 24.0 Å². The van der Waals surface area contributed by atoms with Crippen molar-refractivity contribution in [1.29, 1.82) is 0 Å². The molecule has 0 spiro atoms. The smallest absolute Gasteiger partial charge is 0.222 e. The van der Waals surface area contributed by atoms with Gasteiger partial charge in [0, 0.05) is 37.9 Å². The van der Waals surface area contributed by atoms with Crippen molar-refractivity contribution < 1.29 is 4.79 Å². The number of benzene rings is 1. The van der Waals surface area contributed by atoms with E-state index in [2.05, 4.69) is 38.2 Å². The Labute approximate surface area is 184 Å². The Morgan fingerprint density at radius 3 is 2.46 bits per heavy atom. The second kappa shape index (κ2) is 13.1. The molecule has 0 atom stereocenters. The van der Waals surface area contributed by atoms with E-state index in [1.54, 1.807) is 6.20 Å². The third-order valence-electron chi connectivity index (χ3n) is 4.00. The summed E-state index contributed by atoms with van der Waals surface area (Å²) < 4.78 is 1.91. The molecule has 0 bridgehead atoms. The fourth-order valence-corrected chi connectivity index (χ4v) is 2.51. The number of nitrogens with one attached hydrogen (secondary N) is 3. The molecular weight excluding hydrogens is 467 g/mol. The first-order valence-electron chi connectivity index (χ1n) is 9.44. The fourth-order valence-electron chi connectivity index (χ4n) is 2.51. The van der Waals surface area contributed by atoms with E-state index in [0.29, 0.717) is 19.6 Å². The number of hydrogen-bond donors (Lipinski definition) is 3. The first-order chi connectivity index (χ1) is 13.1. The Morgan fingerprint density at radius 2 is 1.82 bits per heavy atom. The lowest BCUT2D eigenvalue weighted by Crippen LogP contribution is -2.42. The Kier molecular flexibility index (Phi) is 11.2. The quantitative estimate of drug-likeness (QED) is 0.215. The monoisotopic (exact) mass is 498 g/mol. The Bertz CT molecular complexity index is 730. The highest BCUT2D eigenvalue weighted by atomic mass is 127. The fraction of sp³-hybridized carbons (Fsp3) is 0.450. The van der Waals surface area contributed by atoms with Crippen molar-refractivity contribution in [1.82, 2.24) is 25.7 Å². The molecular formula is C20H31IN6O. The summed E-state index contributed by atoms with van der Waals surface area (Å²) in [6.45, 7) is 9.07. The predicted molar refractivity (Wildman–Crippen MR) is 124 cm³/mol. The molecule has 0 aliphatic carbocycles. The lowest BCUT2D eigenvalue weighted by Gasteiger charge is -2.13. The highest BCUT2D eigenvalue weighted by Gasteiger charge is 2.06. The molecule has 7 nitrogen and oxygen atoms in total. The van der Waals surface area contributed by atoms with E-state index in [1.165, 1.54) is 11.1 Å². The van der Waals surface area contributed by atoms with Gasteiger partial charge in [0.2, 0.25) is 5.91 Å². The first-order valence-corrected chi connectivity index (χ1v) is 9.44. The van der Waals surface area contributed by atoms with Crippen molar-refractivity contribution in [3.63, 3.8) is 0 Å². The van der Waals surface area contributed by atoms with Crippen molar-refractivity contribution >= 4 is 35.8 Å². The molecule has 1 amide bonds. The number of carbonyl (C=O) groups is 1. The normalized spacial score (nSPS) is 11.1. The van der Waals surface area contributed by atoms with Crippen LogP contribution in [0.1, 0.15) is 31.9 Å². The maximum Gasteiger partial charge on any atom is 0.222 e. The van der Waals surface area contributed by atoms with Crippen LogP contribution >= 0.6 is 24.0 Å². The Hall–Kier alpha value is -2.10. The zero-order valence-electron chi connectivity index (χ0n) is 16.8. The molecule has 2 aromatic rings. The molecule has 1 heterocycles. The van der Waals surface area contributed by atoms with Gasteiger partial charge >= 0.3 is 0 Å². The van der Waals surface area contributed by atoms with Crippen LogP contribution in [0.25, 0.3) is 0 Å². The number of carbonyl (C=O) groups excluding carboxylic acids is 1. The second-order valence-electron chi connectivity index (χ2n) is 6.54. The van der Waals surface area contributed by atoms with Crippen LogP contribution in [-0.4, -0.2) is 41.3 Å². The van der Waals surface area contributed by atoms with Gasteiger partial charge < -0.3 is 16.0 Å². The van der Waals surface area contributed by atoms with Gasteiger partial charge in [-0.05, 0) is 24.1 Å². The summed E-state index contributed by atoms with van der Waals surface area (Å²) in [5, 5.41) is 13.7. The van der Waals surface area contributed by atoms with Crippen LogP contribution in [0, 0.1) is 5.92 Å². The predicted octanol–water partition coefficient (Wildman–Crippen LogP) is 2.38. The van der Waals surface area contributed by atoms with E-state index < -0.39 is 0 Å². The molecule has 0 radical (unpaired) electrons. The van der Waals surface area contributed by atoms with Crippen LogP contribution in [0.4, 0.5) is 0 Å². The number of rotatable bonds is 9. The summed E-state index contributed by atoms with van der Waals surface area (Å²) in [6, 6.07) is 10.2. The van der Waals surface area contributed by atoms with Crippen molar-refractivity contribution in [2.75, 3.05) is 19.6 Å². The summed E-state index contributed by atoms with van der Waals surface area (Å²) >= 11 is 0. The number of halogens is 1. The molecule has 0 unspecified atom stereocenters. The average Bonchev–Trinajstić information content (AvgIpc) is 3.17. The van der Waals surface area contributed by atoms with Crippen LogP contribution in [0.5, 0.6) is 0 Å². The van der Waals surface area contributed by atoms with Gasteiger partial charge in [-0.2, -0.15) is 5.10 Å². The molecule has 1 aromatic heterocycles. The third kappa shape index (κ3) is 8.28. The number of amides is 1. The van der Waals surface area contributed by atoms with E-state index in [1.807, 2.05) is 49.8 Å². The molecule has 0 aliphatic heterocycles. The van der Waals surface area contributed by atoms with Gasteiger partial charge in [-0.25, -0.2) is 4.99 Å². The second-order valence-corrected chi connectivity index (χ2v) is 6.54. The first kappa shape index (κ1) is 23.9. The minimum atomic E-state index is -0.00167. The molecule has 0 aliphatic rings. The van der Waals surface area contributed by atoms with Crippen molar-refractivity contribution in [3.8, 4) is 0 Å². The van der Waals surface area contributed by atoms with Gasteiger partial charge in [-0.3, -0.25) is 9.48 Å². The maximum absolute atomic E-state index is 11.6. The molecule has 2 rings (SSSR count). The maximum atomic E-state index is 11.6. The van der Waals surface area contributed by atoms with E-state index in [-0.39, 0.29) is 35.8 Å². The topological polar surface area (TPSA) is 83.3 Å². The summed E-state index contributed by atoms with van der Waals surface area (Å²) in [7, 11) is 0. The number of aromatic nitrogens is 2. The summed E-state index contributed by atoms with van der Waals surface area (Å²) in [5.41, 5.74) is 2.36. The van der Waals surface area contributed by atoms with Gasteiger partial charge in [0.25, 0.3) is 0 Å².